The van der Waals surface area contributed by atoms with Gasteiger partial charge in [0.2, 0.25) is 5.91 Å². The quantitative estimate of drug-likeness (QED) is 0.946. The van der Waals surface area contributed by atoms with Crippen LogP contribution in [-0.2, 0) is 4.79 Å². The van der Waals surface area contributed by atoms with Gasteiger partial charge in [-0.05, 0) is 49.7 Å². The van der Waals surface area contributed by atoms with Gasteiger partial charge in [-0.3, -0.25) is 9.59 Å². The Balaban J connectivity index is 1.68. The van der Waals surface area contributed by atoms with E-state index in [1.165, 1.54) is 23.5 Å². The van der Waals surface area contributed by atoms with Crippen LogP contribution >= 0.6 is 11.3 Å². The number of amides is 2. The van der Waals surface area contributed by atoms with Crippen LogP contribution in [0.4, 0.5) is 10.1 Å². The number of halogens is 1. The molecule has 1 fully saturated rings. The Morgan fingerprint density at radius 2 is 2.00 bits per heavy atom. The fraction of sp³-hybridized carbons (Fsp3) is 0.250. The molecule has 2 heterocycles. The zero-order valence-corrected chi connectivity index (χ0v) is 12.8. The number of thiophene rings is 1. The van der Waals surface area contributed by atoms with Crippen molar-refractivity contribution < 1.29 is 14.0 Å². The first-order valence-corrected chi connectivity index (χ1v) is 7.80. The molecular weight excluding hydrogens is 303 g/mol. The van der Waals surface area contributed by atoms with Crippen molar-refractivity contribution in [3.05, 3.63) is 52.0 Å². The van der Waals surface area contributed by atoms with Gasteiger partial charge < -0.3 is 10.2 Å². The predicted molar refractivity (Wildman–Crippen MR) is 83.7 cm³/mol. The number of benzene rings is 1. The molecule has 2 amide bonds. The molecule has 1 saturated heterocycles. The molecule has 4 nitrogen and oxygen atoms in total. The number of aryl methyl sites for hydroxylation is 1. The summed E-state index contributed by atoms with van der Waals surface area (Å²) in [5, 5.41) is 2.78. The molecule has 1 aliphatic heterocycles. The standard InChI is InChI=1S/C16H15FN2O2S/c1-10-2-7-14(22-10)15(20)18-13-8-9-19(16(13)21)12-5-3-11(17)4-6-12/h2-7,13H,8-9H2,1H3,(H,18,20). The lowest BCUT2D eigenvalue weighted by Gasteiger charge is -2.17. The highest BCUT2D eigenvalue weighted by Crippen LogP contribution is 2.22. The summed E-state index contributed by atoms with van der Waals surface area (Å²) in [5.74, 6) is -0.723. The van der Waals surface area contributed by atoms with Gasteiger partial charge in [0, 0.05) is 17.1 Å². The molecule has 6 heteroatoms. The monoisotopic (exact) mass is 318 g/mol. The zero-order valence-electron chi connectivity index (χ0n) is 12.0. The number of hydrogen-bond acceptors (Lipinski definition) is 3. The van der Waals surface area contributed by atoms with Crippen molar-refractivity contribution in [2.24, 2.45) is 0 Å². The van der Waals surface area contributed by atoms with Gasteiger partial charge in [-0.1, -0.05) is 0 Å². The Morgan fingerprint density at radius 3 is 2.64 bits per heavy atom. The SMILES string of the molecule is Cc1ccc(C(=O)NC2CCN(c3ccc(F)cc3)C2=O)s1. The number of rotatable bonds is 3. The van der Waals surface area contributed by atoms with Gasteiger partial charge in [-0.2, -0.15) is 0 Å². The molecule has 0 saturated carbocycles. The third-order valence-corrected chi connectivity index (χ3v) is 4.61. The van der Waals surface area contributed by atoms with Crippen LogP contribution in [0.2, 0.25) is 0 Å². The molecule has 3 rings (SSSR count). The normalized spacial score (nSPS) is 17.8. The summed E-state index contributed by atoms with van der Waals surface area (Å²) in [6.45, 7) is 2.44. The number of nitrogens with one attached hydrogen (secondary N) is 1. The third-order valence-electron chi connectivity index (χ3n) is 3.61. The summed E-state index contributed by atoms with van der Waals surface area (Å²) in [5.41, 5.74) is 0.648. The van der Waals surface area contributed by atoms with Crippen molar-refractivity contribution in [1.29, 1.82) is 0 Å². The molecule has 1 aromatic carbocycles. The van der Waals surface area contributed by atoms with E-state index in [4.69, 9.17) is 0 Å². The lowest BCUT2D eigenvalue weighted by atomic mass is 10.2. The van der Waals surface area contributed by atoms with Crippen LogP contribution in [0.25, 0.3) is 0 Å². The van der Waals surface area contributed by atoms with Crippen molar-refractivity contribution in [3.8, 4) is 0 Å². The average Bonchev–Trinajstić information content (AvgIpc) is 3.08. The number of anilines is 1. The lowest BCUT2D eigenvalue weighted by molar-refractivity contribution is -0.118. The highest BCUT2D eigenvalue weighted by Gasteiger charge is 2.33. The van der Waals surface area contributed by atoms with E-state index in [0.717, 1.165) is 4.88 Å². The van der Waals surface area contributed by atoms with E-state index >= 15 is 0 Å². The van der Waals surface area contributed by atoms with Gasteiger partial charge in [0.1, 0.15) is 11.9 Å². The van der Waals surface area contributed by atoms with E-state index in [1.807, 2.05) is 13.0 Å². The van der Waals surface area contributed by atoms with Crippen LogP contribution in [0, 0.1) is 12.7 Å². The van der Waals surface area contributed by atoms with Gasteiger partial charge in [-0.15, -0.1) is 11.3 Å². The molecule has 1 atom stereocenters. The highest BCUT2D eigenvalue weighted by molar-refractivity contribution is 7.13. The van der Waals surface area contributed by atoms with Crippen LogP contribution in [0.3, 0.4) is 0 Å². The van der Waals surface area contributed by atoms with Crippen molar-refractivity contribution in [1.82, 2.24) is 5.32 Å². The first kappa shape index (κ1) is 14.7. The molecule has 0 bridgehead atoms. The van der Waals surface area contributed by atoms with Crippen molar-refractivity contribution in [2.75, 3.05) is 11.4 Å². The fourth-order valence-corrected chi connectivity index (χ4v) is 3.25. The van der Waals surface area contributed by atoms with Crippen LogP contribution in [0.15, 0.2) is 36.4 Å². The first-order chi connectivity index (χ1) is 10.5. The Hall–Kier alpha value is -2.21. The van der Waals surface area contributed by atoms with Crippen LogP contribution in [0.5, 0.6) is 0 Å². The lowest BCUT2D eigenvalue weighted by Crippen LogP contribution is -2.41. The maximum Gasteiger partial charge on any atom is 0.262 e. The smallest absolute Gasteiger partial charge is 0.262 e. The second-order valence-corrected chi connectivity index (χ2v) is 6.48. The second-order valence-electron chi connectivity index (χ2n) is 5.19. The van der Waals surface area contributed by atoms with Crippen LogP contribution < -0.4 is 10.2 Å². The topological polar surface area (TPSA) is 49.4 Å². The molecule has 0 radical (unpaired) electrons. The minimum Gasteiger partial charge on any atom is -0.339 e. The van der Waals surface area contributed by atoms with Gasteiger partial charge in [0.15, 0.2) is 0 Å². The minimum atomic E-state index is -0.528. The molecule has 114 valence electrons. The van der Waals surface area contributed by atoms with Gasteiger partial charge in [0.25, 0.3) is 5.91 Å². The van der Waals surface area contributed by atoms with Crippen LogP contribution in [-0.4, -0.2) is 24.4 Å². The summed E-state index contributed by atoms with van der Waals surface area (Å²) in [6.07, 6.45) is 0.548. The molecule has 0 aliphatic carbocycles. The largest absolute Gasteiger partial charge is 0.339 e. The molecule has 1 unspecified atom stereocenters. The molecule has 0 spiro atoms. The number of carbonyl (C=O) groups is 2. The van der Waals surface area contributed by atoms with Crippen molar-refractivity contribution in [2.45, 2.75) is 19.4 Å². The minimum absolute atomic E-state index is 0.159. The summed E-state index contributed by atoms with van der Waals surface area (Å²) < 4.78 is 12.9. The summed E-state index contributed by atoms with van der Waals surface area (Å²) in [6, 6.07) is 8.89. The predicted octanol–water partition coefficient (Wildman–Crippen LogP) is 2.73. The molecular formula is C16H15FN2O2S. The molecule has 1 aromatic heterocycles. The van der Waals surface area contributed by atoms with E-state index in [0.29, 0.717) is 23.5 Å². The highest BCUT2D eigenvalue weighted by atomic mass is 32.1. The first-order valence-electron chi connectivity index (χ1n) is 6.99. The summed E-state index contributed by atoms with van der Waals surface area (Å²) in [4.78, 5) is 27.7. The van der Waals surface area contributed by atoms with Crippen molar-refractivity contribution >= 4 is 28.8 Å². The number of hydrogen-bond donors (Lipinski definition) is 1. The molecule has 1 N–H and O–H groups in total. The Kier molecular flexibility index (Phi) is 3.94. The van der Waals surface area contributed by atoms with Crippen LogP contribution in [0.1, 0.15) is 21.0 Å². The van der Waals surface area contributed by atoms with Gasteiger partial charge >= 0.3 is 0 Å². The van der Waals surface area contributed by atoms with E-state index < -0.39 is 6.04 Å². The zero-order chi connectivity index (χ0) is 15.7. The van der Waals surface area contributed by atoms with E-state index in [2.05, 4.69) is 5.32 Å². The summed E-state index contributed by atoms with van der Waals surface area (Å²) >= 11 is 1.40. The summed E-state index contributed by atoms with van der Waals surface area (Å²) in [7, 11) is 0. The third kappa shape index (κ3) is 2.87. The number of carbonyl (C=O) groups excluding carboxylic acids is 2. The average molecular weight is 318 g/mol. The molecule has 22 heavy (non-hydrogen) atoms. The van der Waals surface area contributed by atoms with E-state index in [9.17, 15) is 14.0 Å². The maximum atomic E-state index is 12.9. The van der Waals surface area contributed by atoms with E-state index in [1.54, 1.807) is 23.1 Å². The van der Waals surface area contributed by atoms with Gasteiger partial charge in [0.05, 0.1) is 4.88 Å². The second kappa shape index (κ2) is 5.88. The fourth-order valence-electron chi connectivity index (χ4n) is 2.48. The Morgan fingerprint density at radius 1 is 1.27 bits per heavy atom. The Bertz CT molecular complexity index is 711. The Labute approximate surface area is 131 Å². The molecule has 2 aromatic rings. The van der Waals surface area contributed by atoms with E-state index in [-0.39, 0.29) is 17.6 Å². The maximum absolute atomic E-state index is 12.9. The van der Waals surface area contributed by atoms with Crippen molar-refractivity contribution in [3.63, 3.8) is 0 Å². The number of nitrogens with zero attached hydrogens (tertiary/aromatic N) is 1. The van der Waals surface area contributed by atoms with Gasteiger partial charge in [-0.25, -0.2) is 4.39 Å². The molecule has 1 aliphatic rings.